The Labute approximate surface area is 192 Å². The molecule has 0 aliphatic heterocycles. The minimum absolute atomic E-state index is 0.909. The Kier molecular flexibility index (Phi) is 6.80. The van der Waals surface area contributed by atoms with Gasteiger partial charge in [-0.1, -0.05) is 70.2 Å². The van der Waals surface area contributed by atoms with Crippen LogP contribution in [0.2, 0.25) is 0 Å². The Morgan fingerprint density at radius 3 is 1.47 bits per heavy atom. The van der Waals surface area contributed by atoms with E-state index in [1.165, 1.54) is 22.3 Å². The van der Waals surface area contributed by atoms with Gasteiger partial charge in [0.2, 0.25) is 0 Å². The summed E-state index contributed by atoms with van der Waals surface area (Å²) in [5.74, 6) is 0. The first-order valence-corrected chi connectivity index (χ1v) is 11.8. The molecule has 0 unspecified atom stereocenters. The SMILES string of the molecule is CCc1cc(CC)cc(-c2ncc(-c3ccccc3)nc2-c2cc(CC)cc(CC)c2)c1. The van der Waals surface area contributed by atoms with Crippen LogP contribution >= 0.6 is 0 Å². The van der Waals surface area contributed by atoms with Crippen molar-refractivity contribution in [2.45, 2.75) is 53.4 Å². The number of aromatic nitrogens is 2. The van der Waals surface area contributed by atoms with Crippen molar-refractivity contribution in [3.63, 3.8) is 0 Å². The predicted octanol–water partition coefficient (Wildman–Crippen LogP) is 7.73. The lowest BCUT2D eigenvalue weighted by molar-refractivity contribution is 1.08. The normalized spacial score (nSPS) is 11.0. The van der Waals surface area contributed by atoms with Crippen LogP contribution in [0.1, 0.15) is 49.9 Å². The van der Waals surface area contributed by atoms with Crippen molar-refractivity contribution in [1.29, 1.82) is 0 Å². The molecule has 0 aliphatic rings. The topological polar surface area (TPSA) is 25.8 Å². The van der Waals surface area contributed by atoms with Crippen molar-refractivity contribution in [2.75, 3.05) is 0 Å². The third kappa shape index (κ3) is 4.65. The molecule has 4 aromatic rings. The molecule has 0 fully saturated rings. The molecule has 162 valence electrons. The van der Waals surface area contributed by atoms with Crippen LogP contribution in [0.15, 0.2) is 72.9 Å². The van der Waals surface area contributed by atoms with Crippen LogP contribution in [0, 0.1) is 0 Å². The maximum Gasteiger partial charge on any atom is 0.0972 e. The summed E-state index contributed by atoms with van der Waals surface area (Å²) in [6, 6.07) is 24.1. The molecule has 2 nitrogen and oxygen atoms in total. The lowest BCUT2D eigenvalue weighted by Gasteiger charge is -2.15. The van der Waals surface area contributed by atoms with Gasteiger partial charge in [0.1, 0.15) is 0 Å². The van der Waals surface area contributed by atoms with Crippen LogP contribution in [0.3, 0.4) is 0 Å². The van der Waals surface area contributed by atoms with Gasteiger partial charge in [-0.15, -0.1) is 0 Å². The molecule has 0 saturated heterocycles. The number of hydrogen-bond donors (Lipinski definition) is 0. The summed E-state index contributed by atoms with van der Waals surface area (Å²) in [6.07, 6.45) is 5.96. The summed E-state index contributed by atoms with van der Waals surface area (Å²) in [5.41, 5.74) is 11.6. The molecular weight excluding hydrogens is 388 g/mol. The maximum absolute atomic E-state index is 5.19. The standard InChI is InChI=1S/C30H32N2/c1-5-21-14-22(6-2)17-26(16-21)29-30(27-18-23(7-3)15-24(8-4)19-27)32-28(20-31-29)25-12-10-9-11-13-25/h9-20H,5-8H2,1-4H3. The van der Waals surface area contributed by atoms with E-state index < -0.39 is 0 Å². The van der Waals surface area contributed by atoms with Crippen molar-refractivity contribution < 1.29 is 0 Å². The van der Waals surface area contributed by atoms with E-state index in [1.807, 2.05) is 12.3 Å². The Hall–Kier alpha value is -3.26. The van der Waals surface area contributed by atoms with Crippen molar-refractivity contribution in [1.82, 2.24) is 9.97 Å². The number of nitrogens with zero attached hydrogens (tertiary/aromatic N) is 2. The molecule has 0 N–H and O–H groups in total. The molecule has 32 heavy (non-hydrogen) atoms. The fourth-order valence-corrected chi connectivity index (χ4v) is 4.16. The summed E-state index contributed by atoms with van der Waals surface area (Å²) in [6.45, 7) is 8.84. The molecule has 3 aromatic carbocycles. The number of aryl methyl sites for hydroxylation is 4. The molecule has 1 aromatic heterocycles. The first kappa shape index (κ1) is 22.0. The van der Waals surface area contributed by atoms with E-state index in [-0.39, 0.29) is 0 Å². The maximum atomic E-state index is 5.19. The van der Waals surface area contributed by atoms with Gasteiger partial charge in [-0.3, -0.25) is 4.98 Å². The molecular formula is C30H32N2. The highest BCUT2D eigenvalue weighted by atomic mass is 14.8. The Bertz CT molecular complexity index is 1160. The van der Waals surface area contributed by atoms with Crippen molar-refractivity contribution >= 4 is 0 Å². The first-order chi connectivity index (χ1) is 15.6. The van der Waals surface area contributed by atoms with Crippen molar-refractivity contribution in [3.8, 4) is 33.8 Å². The molecule has 2 heteroatoms. The molecule has 0 bridgehead atoms. The lowest BCUT2D eigenvalue weighted by atomic mass is 9.95. The second kappa shape index (κ2) is 9.91. The summed E-state index contributed by atoms with van der Waals surface area (Å²) in [5, 5.41) is 0. The molecule has 0 radical (unpaired) electrons. The number of rotatable bonds is 7. The van der Waals surface area contributed by atoms with Gasteiger partial charge in [0.05, 0.1) is 23.3 Å². The van der Waals surface area contributed by atoms with Crippen molar-refractivity contribution in [3.05, 3.63) is 95.2 Å². The van der Waals surface area contributed by atoms with E-state index in [0.29, 0.717) is 0 Å². The Morgan fingerprint density at radius 2 is 1.00 bits per heavy atom. The molecule has 0 aliphatic carbocycles. The van der Waals surface area contributed by atoms with E-state index >= 15 is 0 Å². The molecule has 0 spiro atoms. The van der Waals surface area contributed by atoms with Gasteiger partial charge in [-0.25, -0.2) is 4.98 Å². The van der Waals surface area contributed by atoms with Crippen LogP contribution < -0.4 is 0 Å². The van der Waals surface area contributed by atoms with Gasteiger partial charge in [-0.05, 0) is 72.2 Å². The predicted molar refractivity (Wildman–Crippen MR) is 136 cm³/mol. The molecule has 0 amide bonds. The molecule has 0 atom stereocenters. The minimum Gasteiger partial charge on any atom is -0.252 e. The first-order valence-electron chi connectivity index (χ1n) is 11.8. The van der Waals surface area contributed by atoms with E-state index in [0.717, 1.165) is 59.5 Å². The van der Waals surface area contributed by atoms with Gasteiger partial charge in [0.15, 0.2) is 0 Å². The Morgan fingerprint density at radius 1 is 0.531 bits per heavy atom. The fraction of sp³-hybridized carbons (Fsp3) is 0.267. The smallest absolute Gasteiger partial charge is 0.0972 e. The van der Waals surface area contributed by atoms with Gasteiger partial charge in [0.25, 0.3) is 0 Å². The van der Waals surface area contributed by atoms with E-state index in [1.54, 1.807) is 0 Å². The summed E-state index contributed by atoms with van der Waals surface area (Å²) < 4.78 is 0. The van der Waals surface area contributed by atoms with Crippen LogP contribution in [-0.2, 0) is 25.7 Å². The van der Waals surface area contributed by atoms with Crippen LogP contribution in [0.5, 0.6) is 0 Å². The second-order valence-electron chi connectivity index (χ2n) is 8.31. The minimum atomic E-state index is 0.909. The van der Waals surface area contributed by atoms with Gasteiger partial charge in [0, 0.05) is 16.7 Å². The van der Waals surface area contributed by atoms with Crippen LogP contribution in [-0.4, -0.2) is 9.97 Å². The molecule has 4 rings (SSSR count). The largest absolute Gasteiger partial charge is 0.252 e. The second-order valence-corrected chi connectivity index (χ2v) is 8.31. The van der Waals surface area contributed by atoms with E-state index in [2.05, 4.69) is 88.4 Å². The quantitative estimate of drug-likeness (QED) is 0.306. The van der Waals surface area contributed by atoms with Gasteiger partial charge < -0.3 is 0 Å². The highest BCUT2D eigenvalue weighted by molar-refractivity contribution is 5.80. The van der Waals surface area contributed by atoms with Crippen LogP contribution in [0.4, 0.5) is 0 Å². The lowest BCUT2D eigenvalue weighted by Crippen LogP contribution is -1.99. The summed E-state index contributed by atoms with van der Waals surface area (Å²) in [7, 11) is 0. The highest BCUT2D eigenvalue weighted by Gasteiger charge is 2.15. The zero-order chi connectivity index (χ0) is 22.5. The number of hydrogen-bond acceptors (Lipinski definition) is 2. The Balaban J connectivity index is 1.97. The zero-order valence-corrected chi connectivity index (χ0v) is 19.7. The average molecular weight is 421 g/mol. The summed E-state index contributed by atoms with van der Waals surface area (Å²) in [4.78, 5) is 10.2. The zero-order valence-electron chi connectivity index (χ0n) is 19.7. The van der Waals surface area contributed by atoms with Crippen molar-refractivity contribution in [2.24, 2.45) is 0 Å². The van der Waals surface area contributed by atoms with Gasteiger partial charge >= 0.3 is 0 Å². The fourth-order valence-electron chi connectivity index (χ4n) is 4.16. The third-order valence-corrected chi connectivity index (χ3v) is 6.13. The van der Waals surface area contributed by atoms with E-state index in [9.17, 15) is 0 Å². The highest BCUT2D eigenvalue weighted by Crippen LogP contribution is 2.33. The summed E-state index contributed by atoms with van der Waals surface area (Å²) >= 11 is 0. The molecule has 1 heterocycles. The van der Waals surface area contributed by atoms with E-state index in [4.69, 9.17) is 9.97 Å². The number of benzene rings is 3. The molecule has 0 saturated carbocycles. The monoisotopic (exact) mass is 420 g/mol. The third-order valence-electron chi connectivity index (χ3n) is 6.13. The van der Waals surface area contributed by atoms with Crippen LogP contribution in [0.25, 0.3) is 33.8 Å². The average Bonchev–Trinajstić information content (AvgIpc) is 2.88. The van der Waals surface area contributed by atoms with Gasteiger partial charge in [-0.2, -0.15) is 0 Å².